The minimum atomic E-state index is -1.01. The molecule has 0 unspecified atom stereocenters. The quantitative estimate of drug-likeness (QED) is 0.355. The van der Waals surface area contributed by atoms with E-state index in [2.05, 4.69) is 13.0 Å². The lowest BCUT2D eigenvalue weighted by molar-refractivity contribution is -0.305. The van der Waals surface area contributed by atoms with Gasteiger partial charge in [-0.2, -0.15) is 0 Å². The molecule has 0 aromatic carbocycles. The first kappa shape index (κ1) is 22.6. The zero-order chi connectivity index (χ0) is 18.0. The van der Waals surface area contributed by atoms with Crippen molar-refractivity contribution in [3.05, 3.63) is 36.5 Å². The Kier molecular flexibility index (Phi) is 15.5. The van der Waals surface area contributed by atoms with Gasteiger partial charge in [0.1, 0.15) is 0 Å². The third-order valence-corrected chi connectivity index (χ3v) is 3.70. The molecule has 0 saturated carbocycles. The fourth-order valence-electron chi connectivity index (χ4n) is 2.17. The van der Waals surface area contributed by atoms with Gasteiger partial charge in [0.25, 0.3) is 0 Å². The highest BCUT2D eigenvalue weighted by molar-refractivity contribution is 5.64. The van der Waals surface area contributed by atoms with Crippen LogP contribution in [0.2, 0.25) is 0 Å². The summed E-state index contributed by atoms with van der Waals surface area (Å²) in [6, 6.07) is 0. The van der Waals surface area contributed by atoms with Gasteiger partial charge in [0.2, 0.25) is 0 Å². The molecule has 0 radical (unpaired) electrons. The molecule has 0 fully saturated rings. The van der Waals surface area contributed by atoms with Crippen molar-refractivity contribution in [2.24, 2.45) is 0 Å². The van der Waals surface area contributed by atoms with Gasteiger partial charge in [-0.25, -0.2) is 0 Å². The van der Waals surface area contributed by atoms with E-state index >= 15 is 0 Å². The highest BCUT2D eigenvalue weighted by Gasteiger charge is 2.12. The number of unbranched alkanes of at least 4 members (excludes halogenated alkanes) is 4. The second-order valence-electron chi connectivity index (χ2n) is 6.02. The average Bonchev–Trinajstić information content (AvgIpc) is 2.55. The molecule has 0 aliphatic carbocycles. The van der Waals surface area contributed by atoms with Crippen molar-refractivity contribution in [3.8, 4) is 0 Å². The standard InChI is InChI=1S/C20H34O4/c1-2-3-4-5-9-12-15-18(21)19(22)16-13-10-7-6-8-11-14-17-20(23)24/h6,8-10,12-13,18-19,21-22H,2-5,7,11,14-17H2,1H3,(H,23,24)/p-1/b8-6-,12-9-,13-10-/t18-,19-/m1/s1. The van der Waals surface area contributed by atoms with Crippen molar-refractivity contribution in [1.82, 2.24) is 0 Å². The lowest BCUT2D eigenvalue weighted by Gasteiger charge is -2.14. The predicted molar refractivity (Wildman–Crippen MR) is 96.3 cm³/mol. The van der Waals surface area contributed by atoms with E-state index in [4.69, 9.17) is 0 Å². The molecular weight excluding hydrogens is 304 g/mol. The highest BCUT2D eigenvalue weighted by Crippen LogP contribution is 2.07. The van der Waals surface area contributed by atoms with Gasteiger partial charge >= 0.3 is 0 Å². The van der Waals surface area contributed by atoms with Crippen molar-refractivity contribution < 1.29 is 20.1 Å². The van der Waals surface area contributed by atoms with E-state index in [0.717, 1.165) is 19.3 Å². The molecule has 4 heteroatoms. The van der Waals surface area contributed by atoms with Crippen LogP contribution in [0.5, 0.6) is 0 Å². The number of carboxylic acids is 1. The monoisotopic (exact) mass is 337 g/mol. The smallest absolute Gasteiger partial charge is 0.0836 e. The van der Waals surface area contributed by atoms with Crippen LogP contribution in [0.15, 0.2) is 36.5 Å². The number of aliphatic hydroxyl groups excluding tert-OH is 2. The van der Waals surface area contributed by atoms with E-state index in [0.29, 0.717) is 19.3 Å². The van der Waals surface area contributed by atoms with Gasteiger partial charge in [-0.3, -0.25) is 0 Å². The van der Waals surface area contributed by atoms with Crippen LogP contribution in [0.3, 0.4) is 0 Å². The summed E-state index contributed by atoms with van der Waals surface area (Å²) in [5.74, 6) is -1.01. The summed E-state index contributed by atoms with van der Waals surface area (Å²) in [6.07, 6.45) is 18.0. The molecule has 0 spiro atoms. The molecule has 2 N–H and O–H groups in total. The predicted octanol–water partition coefficient (Wildman–Crippen LogP) is 3.05. The molecule has 0 aromatic rings. The molecule has 0 aliphatic rings. The topological polar surface area (TPSA) is 80.6 Å². The van der Waals surface area contributed by atoms with Crippen LogP contribution >= 0.6 is 0 Å². The van der Waals surface area contributed by atoms with Gasteiger partial charge in [0.15, 0.2) is 0 Å². The van der Waals surface area contributed by atoms with E-state index in [-0.39, 0.29) is 6.42 Å². The second kappa shape index (κ2) is 16.5. The Morgan fingerprint density at radius 3 is 2.04 bits per heavy atom. The molecule has 0 aromatic heterocycles. The van der Waals surface area contributed by atoms with Gasteiger partial charge in [-0.05, 0) is 51.4 Å². The number of carboxylic acid groups (broad SMARTS) is 1. The van der Waals surface area contributed by atoms with Crippen LogP contribution in [0.4, 0.5) is 0 Å². The Labute approximate surface area is 146 Å². The lowest BCUT2D eigenvalue weighted by Crippen LogP contribution is -2.24. The molecule has 0 amide bonds. The summed E-state index contributed by atoms with van der Waals surface area (Å²) in [5, 5.41) is 30.0. The van der Waals surface area contributed by atoms with Crippen molar-refractivity contribution in [2.45, 2.75) is 83.3 Å². The molecule has 2 atom stereocenters. The molecule has 0 bridgehead atoms. The van der Waals surface area contributed by atoms with Gasteiger partial charge in [0, 0.05) is 5.97 Å². The third kappa shape index (κ3) is 15.5. The van der Waals surface area contributed by atoms with E-state index in [1.54, 1.807) is 0 Å². The number of carbonyl (C=O) groups is 1. The summed E-state index contributed by atoms with van der Waals surface area (Å²) in [7, 11) is 0. The lowest BCUT2D eigenvalue weighted by atomic mass is 10.1. The highest BCUT2D eigenvalue weighted by atomic mass is 16.4. The number of carbonyl (C=O) groups excluding carboxylic acids is 1. The van der Waals surface area contributed by atoms with Crippen LogP contribution in [0, 0.1) is 0 Å². The summed E-state index contributed by atoms with van der Waals surface area (Å²) < 4.78 is 0. The molecule has 24 heavy (non-hydrogen) atoms. The van der Waals surface area contributed by atoms with Crippen LogP contribution in [0.1, 0.15) is 71.1 Å². The maximum absolute atomic E-state index is 10.2. The SMILES string of the molecule is CCCCC/C=C\C[C@@H](O)[C@H](O)C/C=C\C/C=C\CCCC(=O)[O-]. The Morgan fingerprint density at radius 2 is 1.42 bits per heavy atom. The van der Waals surface area contributed by atoms with Crippen LogP contribution < -0.4 is 5.11 Å². The largest absolute Gasteiger partial charge is 0.550 e. The van der Waals surface area contributed by atoms with E-state index in [1.165, 1.54) is 19.3 Å². The minimum Gasteiger partial charge on any atom is -0.550 e. The minimum absolute atomic E-state index is 0.0946. The second-order valence-corrected chi connectivity index (χ2v) is 6.02. The van der Waals surface area contributed by atoms with E-state index < -0.39 is 18.2 Å². The van der Waals surface area contributed by atoms with E-state index in [9.17, 15) is 20.1 Å². The molecule has 138 valence electrons. The Bertz CT molecular complexity index is 385. The fourth-order valence-corrected chi connectivity index (χ4v) is 2.17. The third-order valence-electron chi connectivity index (χ3n) is 3.70. The molecular formula is C20H33O4-. The van der Waals surface area contributed by atoms with E-state index in [1.807, 2.05) is 30.4 Å². The van der Waals surface area contributed by atoms with Crippen molar-refractivity contribution in [1.29, 1.82) is 0 Å². The van der Waals surface area contributed by atoms with Crippen molar-refractivity contribution in [2.75, 3.05) is 0 Å². The first-order valence-corrected chi connectivity index (χ1v) is 9.08. The van der Waals surface area contributed by atoms with Crippen LogP contribution in [0.25, 0.3) is 0 Å². The average molecular weight is 337 g/mol. The summed E-state index contributed by atoms with van der Waals surface area (Å²) in [6.45, 7) is 2.17. The number of allylic oxidation sites excluding steroid dienone is 4. The number of hydrogen-bond donors (Lipinski definition) is 2. The first-order chi connectivity index (χ1) is 11.6. The summed E-state index contributed by atoms with van der Waals surface area (Å²) in [5.41, 5.74) is 0. The Hall–Kier alpha value is -1.39. The number of aliphatic carboxylic acids is 1. The van der Waals surface area contributed by atoms with Gasteiger partial charge in [-0.15, -0.1) is 0 Å². The maximum atomic E-state index is 10.2. The zero-order valence-electron chi connectivity index (χ0n) is 14.9. The first-order valence-electron chi connectivity index (χ1n) is 9.08. The van der Waals surface area contributed by atoms with Crippen molar-refractivity contribution in [3.63, 3.8) is 0 Å². The zero-order valence-corrected chi connectivity index (χ0v) is 14.9. The van der Waals surface area contributed by atoms with Crippen LogP contribution in [-0.4, -0.2) is 28.4 Å². The Balaban J connectivity index is 3.69. The van der Waals surface area contributed by atoms with Crippen molar-refractivity contribution >= 4 is 5.97 Å². The Morgan fingerprint density at radius 1 is 0.875 bits per heavy atom. The molecule has 4 nitrogen and oxygen atoms in total. The van der Waals surface area contributed by atoms with Gasteiger partial charge in [-0.1, -0.05) is 56.2 Å². The van der Waals surface area contributed by atoms with Gasteiger partial charge < -0.3 is 20.1 Å². The molecule has 0 heterocycles. The number of aliphatic hydroxyl groups is 2. The normalized spacial score (nSPS) is 14.8. The maximum Gasteiger partial charge on any atom is 0.0836 e. The molecule has 0 aliphatic heterocycles. The number of rotatable bonds is 15. The van der Waals surface area contributed by atoms with Crippen LogP contribution in [-0.2, 0) is 4.79 Å². The molecule has 0 rings (SSSR count). The molecule has 0 saturated heterocycles. The fraction of sp³-hybridized carbons (Fsp3) is 0.650. The van der Waals surface area contributed by atoms with Gasteiger partial charge in [0.05, 0.1) is 12.2 Å². The summed E-state index contributed by atoms with van der Waals surface area (Å²) >= 11 is 0. The summed E-state index contributed by atoms with van der Waals surface area (Å²) in [4.78, 5) is 10.2. The number of hydrogen-bond acceptors (Lipinski definition) is 4.